The zero-order chi connectivity index (χ0) is 22.4. The molecule has 0 saturated carbocycles. The van der Waals surface area contributed by atoms with Crippen molar-refractivity contribution in [3.05, 3.63) is 35.4 Å². The summed E-state index contributed by atoms with van der Waals surface area (Å²) in [5, 5.41) is 5.63. The van der Waals surface area contributed by atoms with Gasteiger partial charge >= 0.3 is 0 Å². The van der Waals surface area contributed by atoms with Crippen LogP contribution in [-0.2, 0) is 9.59 Å². The fourth-order valence-corrected chi connectivity index (χ4v) is 2.76. The van der Waals surface area contributed by atoms with Crippen molar-refractivity contribution in [1.82, 2.24) is 10.6 Å². The van der Waals surface area contributed by atoms with Crippen molar-refractivity contribution in [2.45, 2.75) is 51.6 Å². The van der Waals surface area contributed by atoms with Gasteiger partial charge in [0.15, 0.2) is 0 Å². The van der Waals surface area contributed by atoms with E-state index in [0.29, 0.717) is 44.0 Å². The predicted octanol–water partition coefficient (Wildman–Crippen LogP) is 1.02. The molecule has 0 radical (unpaired) electrons. The largest absolute Gasteiger partial charge is 0.353 e. The summed E-state index contributed by atoms with van der Waals surface area (Å²) in [5.74, 6) is 0.0839. The third kappa shape index (κ3) is 10.8. The lowest BCUT2D eigenvalue weighted by atomic mass is 10.0. The van der Waals surface area contributed by atoms with Gasteiger partial charge in [-0.1, -0.05) is 26.0 Å². The molecule has 30 heavy (non-hydrogen) atoms. The van der Waals surface area contributed by atoms with Gasteiger partial charge in [0, 0.05) is 24.9 Å². The Kier molecular flexibility index (Phi) is 12.2. The van der Waals surface area contributed by atoms with Crippen LogP contribution in [-0.4, -0.2) is 56.0 Å². The number of rotatable bonds is 14. The number of amides is 2. The Morgan fingerprint density at radius 3 is 2.40 bits per heavy atom. The number of nitrogens with zero attached hydrogens (tertiary/aromatic N) is 1. The molecule has 0 aliphatic rings. The fourth-order valence-electron chi connectivity index (χ4n) is 2.76. The van der Waals surface area contributed by atoms with Crippen molar-refractivity contribution < 1.29 is 14.4 Å². The van der Waals surface area contributed by atoms with Gasteiger partial charge in [-0.2, -0.15) is 0 Å². The van der Waals surface area contributed by atoms with Crippen molar-refractivity contribution in [2.75, 3.05) is 19.6 Å². The highest BCUT2D eigenvalue weighted by atomic mass is 16.2. The number of nitrogens with two attached hydrogens (primary N) is 2. The van der Waals surface area contributed by atoms with Crippen LogP contribution < -0.4 is 22.1 Å². The molecule has 2 amide bonds. The van der Waals surface area contributed by atoms with Crippen molar-refractivity contribution in [3.8, 4) is 0 Å². The number of carbonyl (C=O) groups is 3. The second-order valence-corrected chi connectivity index (χ2v) is 7.74. The van der Waals surface area contributed by atoms with Gasteiger partial charge in [-0.25, -0.2) is 0 Å². The molecule has 0 aliphatic carbocycles. The zero-order valence-corrected chi connectivity index (χ0v) is 18.0. The minimum absolute atomic E-state index is 0.140. The molecule has 8 heteroatoms. The van der Waals surface area contributed by atoms with Crippen molar-refractivity contribution in [1.29, 1.82) is 0 Å². The van der Waals surface area contributed by atoms with Gasteiger partial charge in [0.2, 0.25) is 5.91 Å². The molecule has 166 valence electrons. The number of hydrogen-bond acceptors (Lipinski definition) is 6. The Hall–Kier alpha value is -2.58. The van der Waals surface area contributed by atoms with Crippen molar-refractivity contribution in [2.24, 2.45) is 22.4 Å². The quantitative estimate of drug-likeness (QED) is 0.203. The lowest BCUT2D eigenvalue weighted by Crippen LogP contribution is -2.42. The summed E-state index contributed by atoms with van der Waals surface area (Å²) >= 11 is 0. The number of carbonyl (C=O) groups excluding carboxylic acids is 3. The molecule has 8 nitrogen and oxygen atoms in total. The summed E-state index contributed by atoms with van der Waals surface area (Å²) in [6.45, 7) is 5.48. The van der Waals surface area contributed by atoms with Crippen molar-refractivity contribution in [3.63, 3.8) is 0 Å². The highest BCUT2D eigenvalue weighted by Gasteiger charge is 2.13. The Morgan fingerprint density at radius 2 is 1.77 bits per heavy atom. The number of nitrogens with one attached hydrogen (secondary N) is 2. The van der Waals surface area contributed by atoms with Gasteiger partial charge < -0.3 is 26.9 Å². The van der Waals surface area contributed by atoms with E-state index in [1.165, 1.54) is 0 Å². The maximum Gasteiger partial charge on any atom is 0.251 e. The number of aliphatic imine (C=N–C) groups is 1. The number of benzene rings is 1. The Bertz CT molecular complexity index is 689. The third-order valence-electron chi connectivity index (χ3n) is 4.44. The molecule has 6 N–H and O–H groups in total. The van der Waals surface area contributed by atoms with E-state index in [-0.39, 0.29) is 11.8 Å². The van der Waals surface area contributed by atoms with Crippen molar-refractivity contribution >= 4 is 24.3 Å². The molecule has 0 spiro atoms. The topological polar surface area (TPSA) is 140 Å². The van der Waals surface area contributed by atoms with Crippen LogP contribution in [0.15, 0.2) is 29.3 Å². The number of unbranched alkanes of at least 4 members (excludes halogenated alkanes) is 1. The monoisotopic (exact) mass is 417 g/mol. The average Bonchev–Trinajstić information content (AvgIpc) is 2.72. The highest BCUT2D eigenvalue weighted by Crippen LogP contribution is 2.04. The van der Waals surface area contributed by atoms with E-state index in [1.54, 1.807) is 18.3 Å². The molecule has 2 unspecified atom stereocenters. The second-order valence-electron chi connectivity index (χ2n) is 7.74. The molecule has 0 heterocycles. The van der Waals surface area contributed by atoms with Crippen LogP contribution in [0, 0.1) is 5.92 Å². The molecule has 1 rings (SSSR count). The van der Waals surface area contributed by atoms with E-state index in [9.17, 15) is 14.4 Å². The maximum absolute atomic E-state index is 12.1. The smallest absolute Gasteiger partial charge is 0.251 e. The van der Waals surface area contributed by atoms with E-state index in [4.69, 9.17) is 11.5 Å². The Balaban J connectivity index is 2.29. The molecule has 0 aromatic heterocycles. The first-order valence-electron chi connectivity index (χ1n) is 10.5. The van der Waals surface area contributed by atoms with E-state index in [0.717, 1.165) is 24.7 Å². The van der Waals surface area contributed by atoms with Crippen LogP contribution in [0.25, 0.3) is 0 Å². The fraction of sp³-hybridized carbons (Fsp3) is 0.545. The van der Waals surface area contributed by atoms with Crippen LogP contribution >= 0.6 is 0 Å². The normalized spacial score (nSPS) is 13.2. The van der Waals surface area contributed by atoms with Gasteiger partial charge in [-0.3, -0.25) is 14.6 Å². The summed E-state index contributed by atoms with van der Waals surface area (Å²) in [6, 6.07) is 6.21. The summed E-state index contributed by atoms with van der Waals surface area (Å²) in [6.07, 6.45) is 5.29. The first-order chi connectivity index (χ1) is 14.3. The molecule has 0 fully saturated rings. The molecule has 1 aromatic carbocycles. The lowest BCUT2D eigenvalue weighted by molar-refractivity contribution is -0.122. The Labute approximate surface area is 178 Å². The van der Waals surface area contributed by atoms with Crippen LogP contribution in [0.1, 0.15) is 55.5 Å². The van der Waals surface area contributed by atoms with Crippen LogP contribution in [0.2, 0.25) is 0 Å². The molecule has 2 atom stereocenters. The molecule has 0 bridgehead atoms. The number of hydrogen-bond donors (Lipinski definition) is 4. The standard InChI is InChI=1S/C22H35N5O3/c1-16(2)13-20(24)22(30)27-12-11-25-14-17-6-8-18(9-7-17)21(29)26-10-4-3-5-19(23)15-28/h6-9,14-16,19-20H,3-5,10-13,23-24H2,1-2H3,(H,26,29)(H,27,30)/b25-14-. The van der Waals surface area contributed by atoms with Crippen LogP contribution in [0.3, 0.4) is 0 Å². The van der Waals surface area contributed by atoms with E-state index >= 15 is 0 Å². The van der Waals surface area contributed by atoms with E-state index in [1.807, 2.05) is 26.0 Å². The predicted molar refractivity (Wildman–Crippen MR) is 120 cm³/mol. The van der Waals surface area contributed by atoms with Crippen LogP contribution in [0.4, 0.5) is 0 Å². The first kappa shape index (κ1) is 25.5. The average molecular weight is 418 g/mol. The molecule has 0 aliphatic heterocycles. The van der Waals surface area contributed by atoms with Gasteiger partial charge in [0.05, 0.1) is 18.6 Å². The lowest BCUT2D eigenvalue weighted by Gasteiger charge is -2.13. The van der Waals surface area contributed by atoms with Gasteiger partial charge in [-0.05, 0) is 49.3 Å². The minimum Gasteiger partial charge on any atom is -0.353 e. The summed E-state index contributed by atoms with van der Waals surface area (Å²) in [5.41, 5.74) is 12.8. The maximum atomic E-state index is 12.1. The van der Waals surface area contributed by atoms with Crippen LogP contribution in [0.5, 0.6) is 0 Å². The minimum atomic E-state index is -0.485. The van der Waals surface area contributed by atoms with Gasteiger partial charge in [-0.15, -0.1) is 0 Å². The Morgan fingerprint density at radius 1 is 1.07 bits per heavy atom. The van der Waals surface area contributed by atoms with E-state index in [2.05, 4.69) is 15.6 Å². The molecule has 0 saturated heterocycles. The van der Waals surface area contributed by atoms with E-state index < -0.39 is 12.1 Å². The first-order valence-corrected chi connectivity index (χ1v) is 10.5. The third-order valence-corrected chi connectivity index (χ3v) is 4.44. The number of aldehydes is 1. The molecule has 1 aromatic rings. The summed E-state index contributed by atoms with van der Waals surface area (Å²) in [4.78, 5) is 38.7. The zero-order valence-electron chi connectivity index (χ0n) is 18.0. The van der Waals surface area contributed by atoms with Gasteiger partial charge in [0.25, 0.3) is 5.91 Å². The summed E-state index contributed by atoms with van der Waals surface area (Å²) in [7, 11) is 0. The molecular formula is C22H35N5O3. The SMILES string of the molecule is CC(C)CC(N)C(=O)NCC/N=C\c1ccc(C(=O)NCCCCC(N)C=O)cc1. The summed E-state index contributed by atoms with van der Waals surface area (Å²) < 4.78 is 0. The molecular weight excluding hydrogens is 382 g/mol. The second kappa shape index (κ2) is 14.4. The highest BCUT2D eigenvalue weighted by molar-refractivity contribution is 5.95. The van der Waals surface area contributed by atoms with Gasteiger partial charge in [0.1, 0.15) is 6.29 Å².